The van der Waals surface area contributed by atoms with E-state index >= 15 is 0 Å². The average molecular weight is 339 g/mol. The maximum absolute atomic E-state index is 12.2. The van der Waals surface area contributed by atoms with Gasteiger partial charge in [0, 0.05) is 32.6 Å². The molecule has 1 amide bonds. The molecule has 2 aliphatic heterocycles. The topological polar surface area (TPSA) is 41.6 Å². The molecule has 0 aliphatic carbocycles. The van der Waals surface area contributed by atoms with Gasteiger partial charge in [0.1, 0.15) is 5.75 Å². The molecular weight excluding hydrogens is 312 g/mol. The molecule has 5 heteroatoms. The van der Waals surface area contributed by atoms with Gasteiger partial charge in [0.2, 0.25) is 5.91 Å². The summed E-state index contributed by atoms with van der Waals surface area (Å²) in [5, 5.41) is 3.41. The Hall–Kier alpha value is -1.26. The smallest absolute Gasteiger partial charge is 0.222 e. The number of unbranched alkanes of at least 4 members (excludes halogenated alkanes) is 1. The third kappa shape index (κ3) is 4.85. The van der Waals surface area contributed by atoms with Gasteiger partial charge in [0.15, 0.2) is 0 Å². The lowest BCUT2D eigenvalue weighted by atomic mass is 10.0. The van der Waals surface area contributed by atoms with E-state index in [9.17, 15) is 4.79 Å². The summed E-state index contributed by atoms with van der Waals surface area (Å²) in [4.78, 5) is 14.3. The SMILES string of the molecule is Cc1cccc(OCCCCC(=O)N2C[C@H]3CNC[C@H]3C2)c1.Cl. The van der Waals surface area contributed by atoms with Gasteiger partial charge in [0.05, 0.1) is 6.61 Å². The largest absolute Gasteiger partial charge is 0.494 e. The Balaban J connectivity index is 0.00000192. The highest BCUT2D eigenvalue weighted by Gasteiger charge is 2.37. The molecule has 23 heavy (non-hydrogen) atoms. The van der Waals surface area contributed by atoms with Crippen LogP contribution in [0.15, 0.2) is 24.3 Å². The number of ether oxygens (including phenoxy) is 1. The average Bonchev–Trinajstić information content (AvgIpc) is 3.08. The van der Waals surface area contributed by atoms with Crippen LogP contribution >= 0.6 is 12.4 Å². The Morgan fingerprint density at radius 2 is 2.00 bits per heavy atom. The molecule has 2 fully saturated rings. The molecule has 1 aromatic carbocycles. The standard InChI is InChI=1S/C18H26N2O2.ClH/c1-14-5-4-6-17(9-14)22-8-3-2-7-18(21)20-12-15-10-19-11-16(15)13-20;/h4-6,9,15-16,19H,2-3,7-8,10-13H2,1H3;1H/t15-,16+;. The Kier molecular flexibility index (Phi) is 6.72. The molecule has 4 nitrogen and oxygen atoms in total. The van der Waals surface area contributed by atoms with Crippen molar-refractivity contribution in [2.45, 2.75) is 26.2 Å². The summed E-state index contributed by atoms with van der Waals surface area (Å²) in [6, 6.07) is 8.09. The van der Waals surface area contributed by atoms with Crippen LogP contribution in [0.4, 0.5) is 0 Å². The number of halogens is 1. The van der Waals surface area contributed by atoms with Crippen LogP contribution in [0.2, 0.25) is 0 Å². The summed E-state index contributed by atoms with van der Waals surface area (Å²) in [7, 11) is 0. The van der Waals surface area contributed by atoms with E-state index in [0.717, 1.165) is 44.8 Å². The van der Waals surface area contributed by atoms with Gasteiger partial charge in [-0.2, -0.15) is 0 Å². The maximum Gasteiger partial charge on any atom is 0.222 e. The van der Waals surface area contributed by atoms with E-state index in [0.29, 0.717) is 30.8 Å². The van der Waals surface area contributed by atoms with E-state index in [2.05, 4.69) is 23.2 Å². The molecule has 0 aromatic heterocycles. The fourth-order valence-corrected chi connectivity index (χ4v) is 3.49. The zero-order chi connectivity index (χ0) is 15.4. The van der Waals surface area contributed by atoms with Crippen LogP contribution in [0.3, 0.4) is 0 Å². The first-order valence-corrected chi connectivity index (χ1v) is 8.40. The lowest BCUT2D eigenvalue weighted by Gasteiger charge is -2.17. The van der Waals surface area contributed by atoms with Gasteiger partial charge in [0.25, 0.3) is 0 Å². The second-order valence-electron chi connectivity index (χ2n) is 6.60. The molecule has 2 heterocycles. The molecular formula is C18H27ClN2O2. The van der Waals surface area contributed by atoms with E-state index < -0.39 is 0 Å². The van der Waals surface area contributed by atoms with Crippen LogP contribution < -0.4 is 10.1 Å². The van der Waals surface area contributed by atoms with Crippen LogP contribution in [-0.4, -0.2) is 43.6 Å². The number of carbonyl (C=O) groups excluding carboxylic acids is 1. The summed E-state index contributed by atoms with van der Waals surface area (Å²) in [5.74, 6) is 2.62. The molecule has 128 valence electrons. The minimum Gasteiger partial charge on any atom is -0.494 e. The molecule has 1 aromatic rings. The number of likely N-dealkylation sites (tertiary alicyclic amines) is 1. The van der Waals surface area contributed by atoms with E-state index in [-0.39, 0.29) is 12.4 Å². The van der Waals surface area contributed by atoms with Gasteiger partial charge in [-0.1, -0.05) is 12.1 Å². The number of rotatable bonds is 6. The third-order valence-corrected chi connectivity index (χ3v) is 4.79. The zero-order valence-electron chi connectivity index (χ0n) is 13.8. The first-order chi connectivity index (χ1) is 10.7. The van der Waals surface area contributed by atoms with Crippen LogP contribution in [0.1, 0.15) is 24.8 Å². The number of fused-ring (bicyclic) bond motifs is 1. The molecule has 0 unspecified atom stereocenters. The summed E-state index contributed by atoms with van der Waals surface area (Å²) in [6.45, 7) is 6.82. The van der Waals surface area contributed by atoms with Crippen molar-refractivity contribution in [3.8, 4) is 5.75 Å². The Labute approximate surface area is 145 Å². The molecule has 1 N–H and O–H groups in total. The highest BCUT2D eigenvalue weighted by molar-refractivity contribution is 5.85. The maximum atomic E-state index is 12.2. The van der Waals surface area contributed by atoms with Gasteiger partial charge in [-0.05, 0) is 49.3 Å². The molecule has 3 rings (SSSR count). The van der Waals surface area contributed by atoms with Crippen LogP contribution in [0, 0.1) is 18.8 Å². The van der Waals surface area contributed by atoms with Crippen LogP contribution in [0.5, 0.6) is 5.75 Å². The van der Waals surface area contributed by atoms with Crippen molar-refractivity contribution in [2.24, 2.45) is 11.8 Å². The lowest BCUT2D eigenvalue weighted by molar-refractivity contribution is -0.130. The highest BCUT2D eigenvalue weighted by Crippen LogP contribution is 2.26. The van der Waals surface area contributed by atoms with Crippen molar-refractivity contribution in [1.82, 2.24) is 10.2 Å². The molecule has 0 radical (unpaired) electrons. The van der Waals surface area contributed by atoms with E-state index in [1.54, 1.807) is 0 Å². The minimum atomic E-state index is 0. The van der Waals surface area contributed by atoms with Gasteiger partial charge >= 0.3 is 0 Å². The van der Waals surface area contributed by atoms with Crippen molar-refractivity contribution in [3.63, 3.8) is 0 Å². The Morgan fingerprint density at radius 1 is 1.26 bits per heavy atom. The number of benzene rings is 1. The summed E-state index contributed by atoms with van der Waals surface area (Å²) in [5.41, 5.74) is 1.21. The molecule has 0 spiro atoms. The fraction of sp³-hybridized carbons (Fsp3) is 0.611. The zero-order valence-corrected chi connectivity index (χ0v) is 14.6. The van der Waals surface area contributed by atoms with Crippen molar-refractivity contribution in [1.29, 1.82) is 0 Å². The van der Waals surface area contributed by atoms with Crippen molar-refractivity contribution >= 4 is 18.3 Å². The van der Waals surface area contributed by atoms with Crippen molar-refractivity contribution in [2.75, 3.05) is 32.8 Å². The van der Waals surface area contributed by atoms with Crippen LogP contribution in [0.25, 0.3) is 0 Å². The van der Waals surface area contributed by atoms with Crippen molar-refractivity contribution < 1.29 is 9.53 Å². The third-order valence-electron chi connectivity index (χ3n) is 4.79. The van der Waals surface area contributed by atoms with Gasteiger partial charge in [-0.25, -0.2) is 0 Å². The normalized spacial score (nSPS) is 22.6. The number of carbonyl (C=O) groups is 1. The predicted octanol–water partition coefficient (Wildman–Crippen LogP) is 2.64. The molecule has 0 bridgehead atoms. The minimum absolute atomic E-state index is 0. The van der Waals surface area contributed by atoms with E-state index in [1.807, 2.05) is 18.2 Å². The van der Waals surface area contributed by atoms with E-state index in [4.69, 9.17) is 4.74 Å². The first-order valence-electron chi connectivity index (χ1n) is 8.40. The van der Waals surface area contributed by atoms with Gasteiger partial charge < -0.3 is 15.0 Å². The first kappa shape index (κ1) is 18.1. The number of hydrogen-bond donors (Lipinski definition) is 1. The molecule has 2 atom stereocenters. The number of hydrogen-bond acceptors (Lipinski definition) is 3. The summed E-state index contributed by atoms with van der Waals surface area (Å²) in [6.07, 6.45) is 2.50. The summed E-state index contributed by atoms with van der Waals surface area (Å²) < 4.78 is 5.72. The number of amides is 1. The van der Waals surface area contributed by atoms with Crippen molar-refractivity contribution in [3.05, 3.63) is 29.8 Å². The highest BCUT2D eigenvalue weighted by atomic mass is 35.5. The van der Waals surface area contributed by atoms with E-state index in [1.165, 1.54) is 5.56 Å². The second kappa shape index (κ2) is 8.55. The van der Waals surface area contributed by atoms with Gasteiger partial charge in [-0.3, -0.25) is 4.79 Å². The monoisotopic (exact) mass is 338 g/mol. The molecule has 0 saturated carbocycles. The number of nitrogens with zero attached hydrogens (tertiary/aromatic N) is 1. The quantitative estimate of drug-likeness (QED) is 0.811. The molecule has 2 saturated heterocycles. The Morgan fingerprint density at radius 3 is 2.70 bits per heavy atom. The van der Waals surface area contributed by atoms with Gasteiger partial charge in [-0.15, -0.1) is 12.4 Å². The Bertz CT molecular complexity index is 511. The molecule has 2 aliphatic rings. The number of aryl methyl sites for hydroxylation is 1. The lowest BCUT2D eigenvalue weighted by Crippen LogP contribution is -2.31. The second-order valence-corrected chi connectivity index (χ2v) is 6.60. The predicted molar refractivity (Wildman–Crippen MR) is 94.2 cm³/mol. The van der Waals surface area contributed by atoms with Crippen LogP contribution in [-0.2, 0) is 4.79 Å². The number of nitrogens with one attached hydrogen (secondary N) is 1. The summed E-state index contributed by atoms with van der Waals surface area (Å²) >= 11 is 0. The fourth-order valence-electron chi connectivity index (χ4n) is 3.49.